The van der Waals surface area contributed by atoms with Gasteiger partial charge in [0.05, 0.1) is 0 Å². The molecule has 4 atom stereocenters. The molecule has 2 aliphatic carbocycles. The Kier molecular flexibility index (Phi) is 2.19. The molecule has 3 heteroatoms. The Hall–Kier alpha value is -1.06. The molecule has 0 bridgehead atoms. The van der Waals surface area contributed by atoms with Gasteiger partial charge in [-0.25, -0.2) is 0 Å². The second-order valence-electron chi connectivity index (χ2n) is 4.67. The van der Waals surface area contributed by atoms with Crippen molar-refractivity contribution >= 4 is 0 Å². The molecule has 3 nitrogen and oxygen atoms in total. The lowest BCUT2D eigenvalue weighted by Crippen LogP contribution is -2.17. The van der Waals surface area contributed by atoms with Crippen LogP contribution in [-0.4, -0.2) is 23.1 Å². The molecule has 0 aromatic heterocycles. The predicted molar refractivity (Wildman–Crippen MR) is 59.2 cm³/mol. The zero-order valence-corrected chi connectivity index (χ0v) is 9.26. The average Bonchev–Trinajstić information content (AvgIpc) is 2.81. The summed E-state index contributed by atoms with van der Waals surface area (Å²) in [4.78, 5) is 0. The summed E-state index contributed by atoms with van der Waals surface area (Å²) in [5.74, 6) is 1.32. The van der Waals surface area contributed by atoms with Crippen LogP contribution in [0.3, 0.4) is 0 Å². The first kappa shape index (κ1) is 10.1. The van der Waals surface area contributed by atoms with Crippen LogP contribution in [0.5, 0.6) is 5.75 Å². The number of hydrogen-bond acceptors (Lipinski definition) is 3. The smallest absolute Gasteiger partial charge is 0.158 e. The third-order valence-corrected chi connectivity index (χ3v) is 3.86. The molecular weight excluding hydrogens is 204 g/mol. The van der Waals surface area contributed by atoms with Crippen molar-refractivity contribution < 1.29 is 14.9 Å². The van der Waals surface area contributed by atoms with Crippen molar-refractivity contribution in [2.75, 3.05) is 6.61 Å². The van der Waals surface area contributed by atoms with E-state index in [9.17, 15) is 10.2 Å². The number of fused-ring (bicyclic) bond motifs is 3. The zero-order valence-electron chi connectivity index (χ0n) is 9.26. The average molecular weight is 220 g/mol. The van der Waals surface area contributed by atoms with Gasteiger partial charge in [-0.3, -0.25) is 0 Å². The molecule has 2 aliphatic rings. The molecule has 1 fully saturated rings. The lowest BCUT2D eigenvalue weighted by atomic mass is 10.0. The third-order valence-electron chi connectivity index (χ3n) is 3.86. The summed E-state index contributed by atoms with van der Waals surface area (Å²) in [6.45, 7) is 2.41. The molecule has 1 aromatic carbocycles. The summed E-state index contributed by atoms with van der Waals surface area (Å²) >= 11 is 0. The van der Waals surface area contributed by atoms with E-state index in [-0.39, 0.29) is 5.92 Å². The van der Waals surface area contributed by atoms with Gasteiger partial charge < -0.3 is 14.9 Å². The molecule has 0 aliphatic heterocycles. The van der Waals surface area contributed by atoms with Crippen molar-refractivity contribution in [3.8, 4) is 5.75 Å². The van der Waals surface area contributed by atoms with Gasteiger partial charge in [0.1, 0.15) is 5.75 Å². The highest BCUT2D eigenvalue weighted by Crippen LogP contribution is 2.64. The second-order valence-corrected chi connectivity index (χ2v) is 4.67. The van der Waals surface area contributed by atoms with Gasteiger partial charge >= 0.3 is 0 Å². The van der Waals surface area contributed by atoms with Crippen LogP contribution in [0.4, 0.5) is 0 Å². The molecule has 0 heterocycles. The van der Waals surface area contributed by atoms with E-state index in [0.717, 1.165) is 12.0 Å². The minimum Gasteiger partial charge on any atom is -0.508 e. The maximum Gasteiger partial charge on any atom is 0.158 e. The Labute approximate surface area is 94.7 Å². The van der Waals surface area contributed by atoms with E-state index in [2.05, 4.69) is 6.07 Å². The molecule has 86 valence electrons. The Balaban J connectivity index is 1.84. The Morgan fingerprint density at radius 1 is 1.50 bits per heavy atom. The van der Waals surface area contributed by atoms with Gasteiger partial charge in [0.25, 0.3) is 0 Å². The molecule has 1 unspecified atom stereocenters. The minimum absolute atomic E-state index is 0.181. The summed E-state index contributed by atoms with van der Waals surface area (Å²) in [6.07, 6.45) is 0.288. The first-order chi connectivity index (χ1) is 7.74. The SMILES string of the molecule is CCOC(O)[C@@H]1[C@H]2Cc3cccc(O)c3[C@H]21. The highest BCUT2D eigenvalue weighted by atomic mass is 16.6. The van der Waals surface area contributed by atoms with Gasteiger partial charge in [0.2, 0.25) is 0 Å². The van der Waals surface area contributed by atoms with Crippen molar-refractivity contribution in [3.63, 3.8) is 0 Å². The Bertz CT molecular complexity index is 416. The fourth-order valence-corrected chi connectivity index (χ4v) is 3.16. The number of rotatable bonds is 3. The number of hydrogen-bond donors (Lipinski definition) is 2. The number of phenolic OH excluding ortho intramolecular Hbond substituents is 1. The Morgan fingerprint density at radius 2 is 2.31 bits per heavy atom. The monoisotopic (exact) mass is 220 g/mol. The number of aromatic hydroxyl groups is 1. The normalized spacial score (nSPS) is 32.0. The summed E-state index contributed by atoms with van der Waals surface area (Å²) in [6, 6.07) is 5.67. The van der Waals surface area contributed by atoms with E-state index in [1.54, 1.807) is 6.07 Å². The van der Waals surface area contributed by atoms with Crippen LogP contribution in [0.15, 0.2) is 18.2 Å². The first-order valence-corrected chi connectivity index (χ1v) is 5.84. The molecule has 0 saturated heterocycles. The number of aliphatic hydroxyl groups excluding tert-OH is 1. The minimum atomic E-state index is -0.673. The van der Waals surface area contributed by atoms with Gasteiger partial charge in [-0.1, -0.05) is 12.1 Å². The summed E-state index contributed by atoms with van der Waals surface area (Å²) in [7, 11) is 0. The van der Waals surface area contributed by atoms with Crippen molar-refractivity contribution in [1.82, 2.24) is 0 Å². The van der Waals surface area contributed by atoms with E-state index >= 15 is 0 Å². The summed E-state index contributed by atoms with van der Waals surface area (Å²) in [5.41, 5.74) is 2.27. The summed E-state index contributed by atoms with van der Waals surface area (Å²) in [5, 5.41) is 19.6. The fourth-order valence-electron chi connectivity index (χ4n) is 3.16. The number of aliphatic hydroxyl groups is 1. The maximum atomic E-state index is 9.84. The largest absolute Gasteiger partial charge is 0.508 e. The number of benzene rings is 1. The highest BCUT2D eigenvalue weighted by molar-refractivity contribution is 5.51. The van der Waals surface area contributed by atoms with Crippen molar-refractivity contribution in [2.24, 2.45) is 11.8 Å². The second kappa shape index (κ2) is 3.47. The maximum absolute atomic E-state index is 9.84. The molecule has 0 spiro atoms. The molecule has 2 N–H and O–H groups in total. The number of phenols is 1. The topological polar surface area (TPSA) is 49.7 Å². The van der Waals surface area contributed by atoms with Gasteiger partial charge in [-0.15, -0.1) is 0 Å². The molecule has 3 rings (SSSR count). The molecule has 16 heavy (non-hydrogen) atoms. The van der Waals surface area contributed by atoms with Crippen LogP contribution in [0.1, 0.15) is 24.0 Å². The lowest BCUT2D eigenvalue weighted by Gasteiger charge is -2.14. The van der Waals surface area contributed by atoms with Crippen molar-refractivity contribution in [2.45, 2.75) is 25.6 Å². The quantitative estimate of drug-likeness (QED) is 0.761. The van der Waals surface area contributed by atoms with Crippen LogP contribution in [-0.2, 0) is 11.2 Å². The van der Waals surface area contributed by atoms with Crippen molar-refractivity contribution in [3.05, 3.63) is 29.3 Å². The molecule has 0 amide bonds. The van der Waals surface area contributed by atoms with E-state index < -0.39 is 6.29 Å². The highest BCUT2D eigenvalue weighted by Gasteiger charge is 2.59. The van der Waals surface area contributed by atoms with Crippen molar-refractivity contribution in [1.29, 1.82) is 0 Å². The third kappa shape index (κ3) is 1.28. The van der Waals surface area contributed by atoms with Gasteiger partial charge in [-0.2, -0.15) is 0 Å². The molecule has 1 aromatic rings. The molecule has 0 radical (unpaired) electrons. The van der Waals surface area contributed by atoms with E-state index in [4.69, 9.17) is 4.74 Å². The Morgan fingerprint density at radius 3 is 3.06 bits per heavy atom. The number of ether oxygens (including phenoxy) is 1. The standard InChI is InChI=1S/C13H16O3/c1-2-16-13(15)12-8-6-7-4-3-5-9(14)10(7)11(8)12/h3-5,8,11-15H,2,6H2,1H3/t8-,11-,12+,13?/m0/s1. The van der Waals surface area contributed by atoms with Crippen LogP contribution in [0, 0.1) is 11.8 Å². The van der Waals surface area contributed by atoms with Crippen LogP contribution < -0.4 is 0 Å². The summed E-state index contributed by atoms with van der Waals surface area (Å²) < 4.78 is 5.23. The fraction of sp³-hybridized carbons (Fsp3) is 0.538. The van der Waals surface area contributed by atoms with Gasteiger partial charge in [0, 0.05) is 18.1 Å². The lowest BCUT2D eigenvalue weighted by molar-refractivity contribution is -0.112. The zero-order chi connectivity index (χ0) is 11.3. The molecular formula is C13H16O3. The van der Waals surface area contributed by atoms with Crippen LogP contribution in [0.2, 0.25) is 0 Å². The van der Waals surface area contributed by atoms with E-state index in [0.29, 0.717) is 24.2 Å². The van der Waals surface area contributed by atoms with E-state index in [1.807, 2.05) is 13.0 Å². The predicted octanol–water partition coefficient (Wildman–Crippen LogP) is 1.63. The van der Waals surface area contributed by atoms with E-state index in [1.165, 1.54) is 5.56 Å². The van der Waals surface area contributed by atoms with Gasteiger partial charge in [-0.05, 0) is 36.8 Å². The first-order valence-electron chi connectivity index (χ1n) is 5.84. The van der Waals surface area contributed by atoms with Crippen LogP contribution in [0.25, 0.3) is 0 Å². The van der Waals surface area contributed by atoms with Gasteiger partial charge in [0.15, 0.2) is 6.29 Å². The molecule has 1 saturated carbocycles. The van der Waals surface area contributed by atoms with Crippen LogP contribution >= 0.6 is 0 Å².